The Morgan fingerprint density at radius 3 is 2.48 bits per heavy atom. The summed E-state index contributed by atoms with van der Waals surface area (Å²) in [4.78, 5) is 20.7. The average Bonchev–Trinajstić information content (AvgIpc) is 3.09. The van der Waals surface area contributed by atoms with E-state index in [1.54, 1.807) is 0 Å². The summed E-state index contributed by atoms with van der Waals surface area (Å²) in [5, 5.41) is 6.08. The Bertz CT molecular complexity index is 1150. The third-order valence-corrected chi connectivity index (χ3v) is 5.70. The van der Waals surface area contributed by atoms with Gasteiger partial charge >= 0.3 is 6.18 Å². The fourth-order valence-corrected chi connectivity index (χ4v) is 4.38. The number of alkyl halides is 4. The van der Waals surface area contributed by atoms with Gasteiger partial charge in [0.1, 0.15) is 26.8 Å². The lowest BCUT2D eigenvalue weighted by Crippen LogP contribution is -2.49. The van der Waals surface area contributed by atoms with Crippen molar-refractivity contribution in [2.24, 2.45) is 0 Å². The van der Waals surface area contributed by atoms with E-state index in [-0.39, 0.29) is 17.3 Å². The molecule has 1 fully saturated rings. The Balaban J connectivity index is 1.94. The number of hydrogen-bond acceptors (Lipinski definition) is 9. The molecule has 0 bridgehead atoms. The van der Waals surface area contributed by atoms with Crippen LogP contribution in [0.5, 0.6) is 5.75 Å². The number of aromatic nitrogens is 3. The Morgan fingerprint density at radius 2 is 2.00 bits per heavy atom. The molecule has 1 amide bonds. The molecule has 0 saturated carbocycles. The number of ether oxygens (including phenoxy) is 2. The van der Waals surface area contributed by atoms with E-state index in [1.165, 1.54) is 13.8 Å². The van der Waals surface area contributed by atoms with Crippen molar-refractivity contribution >= 4 is 15.7 Å². The van der Waals surface area contributed by atoms with Gasteiger partial charge in [0.15, 0.2) is 18.1 Å². The molecule has 2 aromatic heterocycles. The zero-order valence-corrected chi connectivity index (χ0v) is 18.5. The van der Waals surface area contributed by atoms with Crippen LogP contribution in [-0.4, -0.2) is 67.5 Å². The van der Waals surface area contributed by atoms with Gasteiger partial charge in [0, 0.05) is 25.4 Å². The van der Waals surface area contributed by atoms with Crippen LogP contribution in [0.4, 0.5) is 17.6 Å². The van der Waals surface area contributed by atoms with E-state index >= 15 is 0 Å². The summed E-state index contributed by atoms with van der Waals surface area (Å²) in [5.74, 6) is -2.17. The first kappa shape index (κ1) is 24.8. The van der Waals surface area contributed by atoms with Gasteiger partial charge in [0.2, 0.25) is 5.89 Å². The van der Waals surface area contributed by atoms with Gasteiger partial charge in [-0.1, -0.05) is 5.16 Å². The zero-order chi connectivity index (χ0) is 24.7. The smallest absolute Gasteiger partial charge is 0.422 e. The Hall–Kier alpha value is -2.81. The van der Waals surface area contributed by atoms with Crippen molar-refractivity contribution in [2.75, 3.05) is 31.8 Å². The van der Waals surface area contributed by atoms with Crippen LogP contribution in [0.25, 0.3) is 0 Å². The summed E-state index contributed by atoms with van der Waals surface area (Å²) in [7, 11) is -3.67. The van der Waals surface area contributed by atoms with Gasteiger partial charge in [0.25, 0.3) is 5.91 Å². The van der Waals surface area contributed by atoms with Crippen LogP contribution in [-0.2, 0) is 25.8 Å². The second-order valence-corrected chi connectivity index (χ2v) is 10.1. The molecule has 1 aliphatic heterocycles. The molecule has 1 atom stereocenters. The van der Waals surface area contributed by atoms with E-state index in [4.69, 9.17) is 14.0 Å². The van der Waals surface area contributed by atoms with E-state index in [9.17, 15) is 30.8 Å². The highest BCUT2D eigenvalue weighted by molar-refractivity contribution is 7.90. The number of pyridine rings is 1. The van der Waals surface area contributed by atoms with Crippen LogP contribution in [0.3, 0.4) is 0 Å². The van der Waals surface area contributed by atoms with Gasteiger partial charge < -0.3 is 19.3 Å². The number of halogens is 4. The summed E-state index contributed by atoms with van der Waals surface area (Å²) in [6.45, 7) is 0.239. The van der Waals surface area contributed by atoms with E-state index in [0.29, 0.717) is 0 Å². The second-order valence-electron chi connectivity index (χ2n) is 7.92. The third-order valence-electron chi connectivity index (χ3n) is 4.60. The Labute approximate surface area is 185 Å². The minimum atomic E-state index is -4.72. The first-order valence-corrected chi connectivity index (χ1v) is 11.4. The predicted octanol–water partition coefficient (Wildman–Crippen LogP) is 1.60. The summed E-state index contributed by atoms with van der Waals surface area (Å²) >= 11 is 0. The number of aryl methyl sites for hydroxylation is 1. The van der Waals surface area contributed by atoms with Crippen molar-refractivity contribution in [1.82, 2.24) is 20.4 Å². The highest BCUT2D eigenvalue weighted by atomic mass is 32.2. The molecule has 0 spiro atoms. The summed E-state index contributed by atoms with van der Waals surface area (Å²) in [5.41, 5.74) is -4.53. The van der Waals surface area contributed by atoms with Crippen LogP contribution in [0.2, 0.25) is 0 Å². The molecule has 10 nitrogen and oxygen atoms in total. The molecule has 0 aliphatic carbocycles. The van der Waals surface area contributed by atoms with Gasteiger partial charge in [-0.25, -0.2) is 12.8 Å². The monoisotopic (exact) mass is 496 g/mol. The van der Waals surface area contributed by atoms with Crippen molar-refractivity contribution in [3.63, 3.8) is 0 Å². The number of amides is 1. The predicted molar refractivity (Wildman–Crippen MR) is 103 cm³/mol. The zero-order valence-electron chi connectivity index (χ0n) is 17.7. The Kier molecular flexibility index (Phi) is 6.41. The Morgan fingerprint density at radius 1 is 1.33 bits per heavy atom. The first-order chi connectivity index (χ1) is 15.1. The van der Waals surface area contributed by atoms with Gasteiger partial charge in [0.05, 0.1) is 24.5 Å². The number of hydrogen-bond donors (Lipinski definition) is 1. The summed E-state index contributed by atoms with van der Waals surface area (Å²) in [6, 6.07) is 0.846. The fraction of sp³-hybridized carbons (Fsp3) is 0.556. The maximum absolute atomic E-state index is 14.8. The van der Waals surface area contributed by atoms with Gasteiger partial charge in [-0.2, -0.15) is 18.2 Å². The van der Waals surface area contributed by atoms with Crippen LogP contribution in [0.1, 0.15) is 34.7 Å². The molecular weight excluding hydrogens is 476 g/mol. The lowest BCUT2D eigenvalue weighted by atomic mass is 9.94. The minimum Gasteiger partial charge on any atom is -0.484 e. The minimum absolute atomic E-state index is 0.111. The lowest BCUT2D eigenvalue weighted by molar-refractivity contribution is -0.156. The van der Waals surface area contributed by atoms with Crippen LogP contribution < -0.4 is 10.1 Å². The third kappa shape index (κ3) is 5.96. The van der Waals surface area contributed by atoms with E-state index < -0.39 is 70.1 Å². The molecule has 1 aliphatic rings. The second kappa shape index (κ2) is 8.52. The topological polar surface area (TPSA) is 134 Å². The molecule has 33 heavy (non-hydrogen) atoms. The number of carbonyl (C=O) groups excluding carboxylic acids is 1. The summed E-state index contributed by atoms with van der Waals surface area (Å²) in [6.07, 6.45) is -2.90. The molecule has 1 saturated heterocycles. The molecule has 1 N–H and O–H groups in total. The van der Waals surface area contributed by atoms with E-state index in [2.05, 4.69) is 20.4 Å². The van der Waals surface area contributed by atoms with Gasteiger partial charge in [-0.15, -0.1) is 0 Å². The maximum Gasteiger partial charge on any atom is 0.422 e. The molecule has 3 rings (SSSR count). The SMILES string of the molecule is Cc1nc([C@](C)(CS(C)(=O)=O)NC(=O)c2cc(OCC(F)(F)F)c(C3(F)COC3)cn2)no1. The van der Waals surface area contributed by atoms with E-state index in [1.807, 2.05) is 0 Å². The first-order valence-electron chi connectivity index (χ1n) is 9.38. The van der Waals surface area contributed by atoms with Crippen LogP contribution in [0, 0.1) is 6.92 Å². The molecule has 2 aromatic rings. The summed E-state index contributed by atoms with van der Waals surface area (Å²) < 4.78 is 91.1. The average molecular weight is 496 g/mol. The molecule has 15 heteroatoms. The van der Waals surface area contributed by atoms with Gasteiger partial charge in [-0.05, 0) is 6.92 Å². The largest absolute Gasteiger partial charge is 0.484 e. The van der Waals surface area contributed by atoms with Gasteiger partial charge in [-0.3, -0.25) is 9.78 Å². The van der Waals surface area contributed by atoms with Crippen molar-refractivity contribution in [3.8, 4) is 5.75 Å². The maximum atomic E-state index is 14.8. The quantitative estimate of drug-likeness (QED) is 0.541. The lowest BCUT2D eigenvalue weighted by Gasteiger charge is -2.35. The number of nitrogens with zero attached hydrogens (tertiary/aromatic N) is 3. The van der Waals surface area contributed by atoms with Crippen molar-refractivity contribution in [2.45, 2.75) is 31.2 Å². The molecule has 0 radical (unpaired) electrons. The molecule has 0 unspecified atom stereocenters. The molecule has 0 aromatic carbocycles. The number of sulfone groups is 1. The van der Waals surface area contributed by atoms with E-state index in [0.717, 1.165) is 18.5 Å². The standard InChI is InChI=1S/C18H20F4N4O6S/c1-10-24-15(26-32-10)16(2,9-33(3,28)29)25-14(27)12-4-13(31-8-18(20,21)22)11(5-23-12)17(19)6-30-7-17/h4-5H,6-9H2,1-3H3,(H,25,27)/t16-/m0/s1. The molecule has 182 valence electrons. The highest BCUT2D eigenvalue weighted by Crippen LogP contribution is 2.39. The van der Waals surface area contributed by atoms with Crippen LogP contribution in [0.15, 0.2) is 16.8 Å². The fourth-order valence-electron chi connectivity index (χ4n) is 3.13. The highest BCUT2D eigenvalue weighted by Gasteiger charge is 2.44. The number of rotatable bonds is 8. The van der Waals surface area contributed by atoms with Crippen molar-refractivity contribution in [1.29, 1.82) is 0 Å². The number of carbonyl (C=O) groups is 1. The normalized spacial score (nSPS) is 17.7. The number of nitrogens with one attached hydrogen (secondary N) is 1. The van der Waals surface area contributed by atoms with Crippen LogP contribution >= 0.6 is 0 Å². The molecular formula is C18H20F4N4O6S. The van der Waals surface area contributed by atoms with Crippen molar-refractivity contribution in [3.05, 3.63) is 35.2 Å². The molecule has 3 heterocycles. The van der Waals surface area contributed by atoms with Crippen molar-refractivity contribution < 1.29 is 44.8 Å².